The fourth-order valence-electron chi connectivity index (χ4n) is 2.21. The minimum atomic E-state index is -0.548. The van der Waals surface area contributed by atoms with E-state index in [0.717, 1.165) is 0 Å². The van der Waals surface area contributed by atoms with E-state index in [-0.39, 0.29) is 37.6 Å². The van der Waals surface area contributed by atoms with E-state index in [0.29, 0.717) is 10.8 Å². The van der Waals surface area contributed by atoms with Crippen molar-refractivity contribution in [2.75, 3.05) is 19.8 Å². The molecule has 0 aliphatic rings. The van der Waals surface area contributed by atoms with Gasteiger partial charge in [0.05, 0.1) is 18.2 Å². The molecule has 0 bridgehead atoms. The van der Waals surface area contributed by atoms with Crippen LogP contribution < -0.4 is 15.6 Å². The van der Waals surface area contributed by atoms with Crippen molar-refractivity contribution < 1.29 is 19.1 Å². The Bertz CT molecular complexity index is 834. The van der Waals surface area contributed by atoms with Crippen LogP contribution in [0.1, 0.15) is 17.4 Å². The van der Waals surface area contributed by atoms with Gasteiger partial charge >= 0.3 is 5.97 Å². The molecule has 0 aliphatic carbocycles. The molecule has 0 aliphatic heterocycles. The van der Waals surface area contributed by atoms with Crippen molar-refractivity contribution >= 4 is 23.5 Å². The molecule has 138 valence electrons. The zero-order valence-corrected chi connectivity index (χ0v) is 15.0. The normalized spacial score (nSPS) is 10.2. The Morgan fingerprint density at radius 3 is 2.65 bits per heavy atom. The van der Waals surface area contributed by atoms with Gasteiger partial charge in [0.15, 0.2) is 0 Å². The Hall–Kier alpha value is -2.80. The average Bonchev–Trinajstić information content (AvgIpc) is 2.62. The minimum Gasteiger partial charge on any atom is -0.490 e. The van der Waals surface area contributed by atoms with Crippen LogP contribution in [0.5, 0.6) is 5.75 Å². The summed E-state index contributed by atoms with van der Waals surface area (Å²) in [6.45, 7) is 1.92. The summed E-state index contributed by atoms with van der Waals surface area (Å²) in [4.78, 5) is 35.7. The van der Waals surface area contributed by atoms with Crippen molar-refractivity contribution in [3.8, 4) is 5.75 Å². The number of carbonyl (C=O) groups is 2. The lowest BCUT2D eigenvalue weighted by Gasteiger charge is -2.13. The highest BCUT2D eigenvalue weighted by Crippen LogP contribution is 2.22. The molecule has 0 saturated carbocycles. The van der Waals surface area contributed by atoms with E-state index in [2.05, 4.69) is 5.32 Å². The van der Waals surface area contributed by atoms with Crippen LogP contribution in [0.3, 0.4) is 0 Å². The summed E-state index contributed by atoms with van der Waals surface area (Å²) in [5.74, 6) is -0.604. The van der Waals surface area contributed by atoms with Gasteiger partial charge in [-0.25, -0.2) is 0 Å². The highest BCUT2D eigenvalue weighted by atomic mass is 35.5. The number of pyridine rings is 1. The lowest BCUT2D eigenvalue weighted by molar-refractivity contribution is -0.141. The summed E-state index contributed by atoms with van der Waals surface area (Å²) in [6, 6.07) is 11.3. The number of hydrogen-bond donors (Lipinski definition) is 1. The molecule has 0 fully saturated rings. The lowest BCUT2D eigenvalue weighted by atomic mass is 10.3. The second-order valence-electron chi connectivity index (χ2n) is 5.17. The Kier molecular flexibility index (Phi) is 7.23. The zero-order valence-electron chi connectivity index (χ0n) is 14.2. The van der Waals surface area contributed by atoms with Crippen LogP contribution in [0.4, 0.5) is 0 Å². The largest absolute Gasteiger partial charge is 0.490 e. The number of aromatic nitrogens is 1. The summed E-state index contributed by atoms with van der Waals surface area (Å²) in [5, 5.41) is 2.89. The summed E-state index contributed by atoms with van der Waals surface area (Å²) >= 11 is 6.01. The number of rotatable bonds is 8. The first-order chi connectivity index (χ1) is 12.5. The average molecular weight is 379 g/mol. The second-order valence-corrected chi connectivity index (χ2v) is 5.57. The van der Waals surface area contributed by atoms with Gasteiger partial charge in [0.25, 0.3) is 11.5 Å². The molecule has 26 heavy (non-hydrogen) atoms. The third kappa shape index (κ3) is 5.35. The summed E-state index contributed by atoms with van der Waals surface area (Å²) in [5.41, 5.74) is -0.221. The SMILES string of the molecule is CCOC(=O)CNC(=O)c1cccc(=O)n1CCOc1ccccc1Cl. The van der Waals surface area contributed by atoms with E-state index in [1.165, 1.54) is 22.8 Å². The van der Waals surface area contributed by atoms with Gasteiger partial charge in [0, 0.05) is 6.07 Å². The van der Waals surface area contributed by atoms with Crippen molar-refractivity contribution in [3.63, 3.8) is 0 Å². The van der Waals surface area contributed by atoms with Gasteiger partial charge in [0.1, 0.15) is 24.6 Å². The van der Waals surface area contributed by atoms with Gasteiger partial charge in [-0.15, -0.1) is 0 Å². The van der Waals surface area contributed by atoms with Crippen LogP contribution in [0.25, 0.3) is 0 Å². The number of nitrogens with zero attached hydrogens (tertiary/aromatic N) is 1. The fourth-order valence-corrected chi connectivity index (χ4v) is 2.40. The van der Waals surface area contributed by atoms with Crippen LogP contribution >= 0.6 is 11.6 Å². The minimum absolute atomic E-state index is 0.129. The molecule has 0 spiro atoms. The molecular weight excluding hydrogens is 360 g/mol. The van der Waals surface area contributed by atoms with Crippen molar-refractivity contribution in [3.05, 3.63) is 63.5 Å². The Morgan fingerprint density at radius 1 is 1.15 bits per heavy atom. The van der Waals surface area contributed by atoms with E-state index >= 15 is 0 Å². The first-order valence-electron chi connectivity index (χ1n) is 8.04. The maximum atomic E-state index is 12.3. The lowest BCUT2D eigenvalue weighted by Crippen LogP contribution is -2.36. The molecule has 0 unspecified atom stereocenters. The third-order valence-corrected chi connectivity index (χ3v) is 3.70. The van der Waals surface area contributed by atoms with Crippen molar-refractivity contribution in [1.82, 2.24) is 9.88 Å². The van der Waals surface area contributed by atoms with E-state index < -0.39 is 11.9 Å². The van der Waals surface area contributed by atoms with E-state index in [1.54, 1.807) is 31.2 Å². The summed E-state index contributed by atoms with van der Waals surface area (Å²) in [6.07, 6.45) is 0. The number of amides is 1. The van der Waals surface area contributed by atoms with Gasteiger partial charge < -0.3 is 19.4 Å². The molecule has 1 amide bonds. The number of hydrogen-bond acceptors (Lipinski definition) is 5. The smallest absolute Gasteiger partial charge is 0.325 e. The number of para-hydroxylation sites is 1. The van der Waals surface area contributed by atoms with Gasteiger partial charge in [-0.3, -0.25) is 14.4 Å². The van der Waals surface area contributed by atoms with Crippen molar-refractivity contribution in [2.45, 2.75) is 13.5 Å². The highest BCUT2D eigenvalue weighted by Gasteiger charge is 2.14. The summed E-state index contributed by atoms with van der Waals surface area (Å²) in [7, 11) is 0. The van der Waals surface area contributed by atoms with E-state index in [4.69, 9.17) is 21.1 Å². The molecule has 8 heteroatoms. The molecule has 2 aromatic rings. The standard InChI is InChI=1S/C18H19ClN2O5/c1-2-25-17(23)12-20-18(24)14-7-5-9-16(22)21(14)10-11-26-15-8-4-3-6-13(15)19/h3-9H,2,10-12H2,1H3,(H,20,24). The van der Waals surface area contributed by atoms with Crippen LogP contribution in [-0.2, 0) is 16.1 Å². The van der Waals surface area contributed by atoms with Crippen LogP contribution in [0.15, 0.2) is 47.3 Å². The maximum Gasteiger partial charge on any atom is 0.325 e. The molecule has 0 saturated heterocycles. The molecular formula is C18H19ClN2O5. The number of esters is 1. The first-order valence-corrected chi connectivity index (χ1v) is 8.41. The van der Waals surface area contributed by atoms with Crippen molar-refractivity contribution in [1.29, 1.82) is 0 Å². The quantitative estimate of drug-likeness (QED) is 0.709. The van der Waals surface area contributed by atoms with Gasteiger partial charge in [-0.1, -0.05) is 29.8 Å². The number of halogens is 1. The van der Waals surface area contributed by atoms with Gasteiger partial charge in [-0.05, 0) is 25.1 Å². The number of benzene rings is 1. The number of carbonyl (C=O) groups excluding carboxylic acids is 2. The van der Waals surface area contributed by atoms with Gasteiger partial charge in [-0.2, -0.15) is 0 Å². The molecule has 1 aromatic heterocycles. The Labute approximate surface area is 155 Å². The first kappa shape index (κ1) is 19.5. The molecule has 1 N–H and O–H groups in total. The topological polar surface area (TPSA) is 86.6 Å². The Balaban J connectivity index is 2.04. The Morgan fingerprint density at radius 2 is 1.92 bits per heavy atom. The fraction of sp³-hybridized carbons (Fsp3) is 0.278. The highest BCUT2D eigenvalue weighted by molar-refractivity contribution is 6.32. The third-order valence-electron chi connectivity index (χ3n) is 3.39. The monoisotopic (exact) mass is 378 g/mol. The van der Waals surface area contributed by atoms with Crippen LogP contribution in [0, 0.1) is 0 Å². The molecule has 0 atom stereocenters. The summed E-state index contributed by atoms with van der Waals surface area (Å²) < 4.78 is 11.6. The number of ether oxygens (including phenoxy) is 2. The number of nitrogens with one attached hydrogen (secondary N) is 1. The molecule has 1 heterocycles. The molecule has 1 aromatic carbocycles. The van der Waals surface area contributed by atoms with Crippen LogP contribution in [-0.4, -0.2) is 36.2 Å². The van der Waals surface area contributed by atoms with E-state index in [9.17, 15) is 14.4 Å². The predicted molar refractivity (Wildman–Crippen MR) is 96.6 cm³/mol. The van der Waals surface area contributed by atoms with Crippen molar-refractivity contribution in [2.24, 2.45) is 0 Å². The van der Waals surface area contributed by atoms with Crippen LogP contribution in [0.2, 0.25) is 5.02 Å². The molecule has 7 nitrogen and oxygen atoms in total. The maximum absolute atomic E-state index is 12.3. The zero-order chi connectivity index (χ0) is 18.9. The molecule has 2 rings (SSSR count). The van der Waals surface area contributed by atoms with Gasteiger partial charge in [0.2, 0.25) is 0 Å². The molecule has 0 radical (unpaired) electrons. The second kappa shape index (κ2) is 9.62. The predicted octanol–water partition coefficient (Wildman–Crippen LogP) is 1.87. The van der Waals surface area contributed by atoms with E-state index in [1.807, 2.05) is 0 Å².